The van der Waals surface area contributed by atoms with E-state index in [1.165, 1.54) is 30.4 Å². The van der Waals surface area contributed by atoms with Crippen LogP contribution in [-0.4, -0.2) is 14.3 Å². The van der Waals surface area contributed by atoms with Crippen LogP contribution in [0, 0.1) is 26.6 Å². The highest BCUT2D eigenvalue weighted by Crippen LogP contribution is 2.25. The molecular weight excluding hydrogens is 415 g/mol. The Kier molecular flexibility index (Phi) is 6.56. The van der Waals surface area contributed by atoms with Gasteiger partial charge in [0.15, 0.2) is 0 Å². The molecule has 3 aromatic rings. The molecule has 0 aliphatic rings. The molecule has 0 saturated carbocycles. The molecule has 160 valence electrons. The van der Waals surface area contributed by atoms with Crippen molar-refractivity contribution in [3.05, 3.63) is 94.8 Å². The van der Waals surface area contributed by atoms with Crippen LogP contribution in [0.5, 0.6) is 0 Å². The minimum Gasteiger partial charge on any atom is -0.322 e. The number of benzene rings is 3. The molecular formula is C24H23FN2O3S. The second-order valence-corrected chi connectivity index (χ2v) is 8.93. The number of amides is 1. The SMILES string of the molecule is Cc1ccc(NS(=O)(=O)c2cc(NC(=O)/C=C/c3cccc(F)c3)ccc2C)c(C)c1. The molecule has 2 N–H and O–H groups in total. The van der Waals surface area contributed by atoms with Crippen LogP contribution in [0.2, 0.25) is 0 Å². The maximum Gasteiger partial charge on any atom is 0.262 e. The van der Waals surface area contributed by atoms with Crippen molar-refractivity contribution in [1.82, 2.24) is 0 Å². The summed E-state index contributed by atoms with van der Waals surface area (Å²) in [7, 11) is -3.86. The molecule has 0 aliphatic carbocycles. The molecule has 0 aromatic heterocycles. The first-order valence-electron chi connectivity index (χ1n) is 9.59. The largest absolute Gasteiger partial charge is 0.322 e. The third-order valence-electron chi connectivity index (χ3n) is 4.65. The Labute approximate surface area is 181 Å². The van der Waals surface area contributed by atoms with Crippen LogP contribution in [0.4, 0.5) is 15.8 Å². The molecule has 0 radical (unpaired) electrons. The Bertz CT molecular complexity index is 1270. The van der Waals surface area contributed by atoms with E-state index in [9.17, 15) is 17.6 Å². The highest BCUT2D eigenvalue weighted by Gasteiger charge is 2.19. The number of carbonyl (C=O) groups excluding carboxylic acids is 1. The quantitative estimate of drug-likeness (QED) is 0.519. The second-order valence-electron chi connectivity index (χ2n) is 7.28. The van der Waals surface area contributed by atoms with Gasteiger partial charge in [0, 0.05) is 11.8 Å². The van der Waals surface area contributed by atoms with Gasteiger partial charge in [0.1, 0.15) is 5.82 Å². The number of carbonyl (C=O) groups is 1. The van der Waals surface area contributed by atoms with E-state index in [1.54, 1.807) is 37.3 Å². The number of hydrogen-bond donors (Lipinski definition) is 2. The summed E-state index contributed by atoms with van der Waals surface area (Å²) in [6, 6.07) is 16.0. The average Bonchev–Trinajstić information content (AvgIpc) is 2.70. The van der Waals surface area contributed by atoms with Gasteiger partial charge < -0.3 is 5.32 Å². The molecule has 0 heterocycles. The molecule has 1 amide bonds. The highest BCUT2D eigenvalue weighted by atomic mass is 32.2. The van der Waals surface area contributed by atoms with Gasteiger partial charge in [-0.25, -0.2) is 12.8 Å². The number of halogens is 1. The Morgan fingerprint density at radius 2 is 1.71 bits per heavy atom. The van der Waals surface area contributed by atoms with Crippen molar-refractivity contribution in [2.75, 3.05) is 10.0 Å². The predicted molar refractivity (Wildman–Crippen MR) is 122 cm³/mol. The molecule has 0 unspecified atom stereocenters. The van der Waals surface area contributed by atoms with Gasteiger partial charge >= 0.3 is 0 Å². The van der Waals surface area contributed by atoms with E-state index in [0.717, 1.165) is 11.1 Å². The Hall–Kier alpha value is -3.45. The molecule has 7 heteroatoms. The lowest BCUT2D eigenvalue weighted by atomic mass is 10.1. The fourth-order valence-corrected chi connectivity index (χ4v) is 4.46. The number of sulfonamides is 1. The lowest BCUT2D eigenvalue weighted by molar-refractivity contribution is -0.111. The fourth-order valence-electron chi connectivity index (χ4n) is 3.06. The predicted octanol–water partition coefficient (Wildman–Crippen LogP) is 5.20. The Morgan fingerprint density at radius 3 is 2.42 bits per heavy atom. The van der Waals surface area contributed by atoms with Crippen molar-refractivity contribution in [1.29, 1.82) is 0 Å². The summed E-state index contributed by atoms with van der Waals surface area (Å²) in [6.07, 6.45) is 2.74. The molecule has 0 atom stereocenters. The monoisotopic (exact) mass is 438 g/mol. The van der Waals surface area contributed by atoms with Crippen molar-refractivity contribution in [2.45, 2.75) is 25.7 Å². The molecule has 3 rings (SSSR count). The third kappa shape index (κ3) is 5.79. The van der Waals surface area contributed by atoms with Gasteiger partial charge in [-0.2, -0.15) is 0 Å². The van der Waals surface area contributed by atoms with Crippen LogP contribution in [0.1, 0.15) is 22.3 Å². The van der Waals surface area contributed by atoms with Crippen LogP contribution in [0.15, 0.2) is 71.6 Å². The van der Waals surface area contributed by atoms with Crippen LogP contribution in [0.25, 0.3) is 6.08 Å². The summed E-state index contributed by atoms with van der Waals surface area (Å²) in [4.78, 5) is 12.3. The topological polar surface area (TPSA) is 75.3 Å². The van der Waals surface area contributed by atoms with Gasteiger partial charge in [-0.1, -0.05) is 35.9 Å². The minimum absolute atomic E-state index is 0.0689. The molecule has 0 fully saturated rings. The maximum atomic E-state index is 13.2. The zero-order valence-corrected chi connectivity index (χ0v) is 18.3. The van der Waals surface area contributed by atoms with Crippen LogP contribution >= 0.6 is 0 Å². The number of nitrogens with one attached hydrogen (secondary N) is 2. The lowest BCUT2D eigenvalue weighted by Crippen LogP contribution is -2.16. The van der Waals surface area contributed by atoms with E-state index < -0.39 is 21.7 Å². The average molecular weight is 439 g/mol. The van der Waals surface area contributed by atoms with Gasteiger partial charge in [0.2, 0.25) is 5.91 Å². The smallest absolute Gasteiger partial charge is 0.262 e. The van der Waals surface area contributed by atoms with Crippen LogP contribution < -0.4 is 10.0 Å². The van der Waals surface area contributed by atoms with Crippen molar-refractivity contribution < 1.29 is 17.6 Å². The highest BCUT2D eigenvalue weighted by molar-refractivity contribution is 7.92. The van der Waals surface area contributed by atoms with E-state index >= 15 is 0 Å². The zero-order valence-electron chi connectivity index (χ0n) is 17.4. The molecule has 5 nitrogen and oxygen atoms in total. The number of rotatable bonds is 6. The van der Waals surface area contributed by atoms with Crippen molar-refractivity contribution in [2.24, 2.45) is 0 Å². The van der Waals surface area contributed by atoms with Gasteiger partial charge in [-0.3, -0.25) is 9.52 Å². The van der Waals surface area contributed by atoms with Crippen molar-refractivity contribution in [3.63, 3.8) is 0 Å². The maximum absolute atomic E-state index is 13.2. The van der Waals surface area contributed by atoms with Gasteiger partial charge in [-0.05, 0) is 73.9 Å². The summed E-state index contributed by atoms with van der Waals surface area (Å²) < 4.78 is 41.8. The fraction of sp³-hybridized carbons (Fsp3) is 0.125. The summed E-state index contributed by atoms with van der Waals surface area (Å²) in [5, 5.41) is 2.64. The van der Waals surface area contributed by atoms with E-state index in [1.807, 2.05) is 26.0 Å². The Balaban J connectivity index is 1.79. The standard InChI is InChI=1S/C24H23FN2O3S/c1-16-7-11-22(18(3)13-16)27-31(29,30)23-15-21(10-8-17(23)2)26-24(28)12-9-19-5-4-6-20(25)14-19/h4-15,27H,1-3H3,(H,26,28)/b12-9+. The summed E-state index contributed by atoms with van der Waals surface area (Å²) >= 11 is 0. The summed E-state index contributed by atoms with van der Waals surface area (Å²) in [5.74, 6) is -0.856. The number of hydrogen-bond acceptors (Lipinski definition) is 3. The summed E-state index contributed by atoms with van der Waals surface area (Å²) in [5.41, 5.74) is 3.77. The van der Waals surface area contributed by atoms with Crippen LogP contribution in [0.3, 0.4) is 0 Å². The van der Waals surface area contributed by atoms with E-state index in [4.69, 9.17) is 0 Å². The first-order valence-corrected chi connectivity index (χ1v) is 11.1. The van der Waals surface area contributed by atoms with Crippen molar-refractivity contribution in [3.8, 4) is 0 Å². The van der Waals surface area contributed by atoms with Crippen LogP contribution in [-0.2, 0) is 14.8 Å². The number of aryl methyl sites for hydroxylation is 3. The molecule has 0 aliphatic heterocycles. The normalized spacial score (nSPS) is 11.5. The molecule has 3 aromatic carbocycles. The first-order chi connectivity index (χ1) is 14.6. The lowest BCUT2D eigenvalue weighted by Gasteiger charge is -2.14. The number of anilines is 2. The first kappa shape index (κ1) is 22.2. The molecule has 0 spiro atoms. The summed E-state index contributed by atoms with van der Waals surface area (Å²) in [6.45, 7) is 5.45. The Morgan fingerprint density at radius 1 is 0.935 bits per heavy atom. The van der Waals surface area contributed by atoms with Gasteiger partial charge in [0.05, 0.1) is 10.6 Å². The van der Waals surface area contributed by atoms with E-state index in [2.05, 4.69) is 10.0 Å². The third-order valence-corrected chi connectivity index (χ3v) is 6.15. The molecule has 31 heavy (non-hydrogen) atoms. The second kappa shape index (κ2) is 9.14. The minimum atomic E-state index is -3.86. The van der Waals surface area contributed by atoms with E-state index in [-0.39, 0.29) is 4.90 Å². The molecule has 0 saturated heterocycles. The van der Waals surface area contributed by atoms with Gasteiger partial charge in [-0.15, -0.1) is 0 Å². The van der Waals surface area contributed by atoms with Gasteiger partial charge in [0.25, 0.3) is 10.0 Å². The molecule has 0 bridgehead atoms. The zero-order chi connectivity index (χ0) is 22.6. The van der Waals surface area contributed by atoms with E-state index in [0.29, 0.717) is 22.5 Å². The van der Waals surface area contributed by atoms with Crippen molar-refractivity contribution >= 4 is 33.4 Å².